The number of aliphatic imine (C=N–C) groups is 1. The first kappa shape index (κ1) is 11.4. The van der Waals surface area contributed by atoms with Crippen LogP contribution >= 0.6 is 0 Å². The van der Waals surface area contributed by atoms with E-state index in [2.05, 4.69) is 30.6 Å². The van der Waals surface area contributed by atoms with E-state index in [-0.39, 0.29) is 0 Å². The Bertz CT molecular complexity index is 309. The van der Waals surface area contributed by atoms with E-state index in [0.717, 1.165) is 12.8 Å². The van der Waals surface area contributed by atoms with Gasteiger partial charge in [-0.15, -0.1) is 6.58 Å². The van der Waals surface area contributed by atoms with Crippen molar-refractivity contribution in [3.63, 3.8) is 0 Å². The molecule has 0 bridgehead atoms. The molecule has 0 aliphatic carbocycles. The molecule has 1 saturated heterocycles. The highest BCUT2D eigenvalue weighted by Gasteiger charge is 2.17. The zero-order valence-electron chi connectivity index (χ0n) is 10.3. The van der Waals surface area contributed by atoms with Crippen molar-refractivity contribution < 1.29 is 0 Å². The van der Waals surface area contributed by atoms with Crippen LogP contribution in [0.1, 0.15) is 39.0 Å². The molecule has 1 unspecified atom stereocenters. The topological polar surface area (TPSA) is 15.6 Å². The molecule has 1 fully saturated rings. The number of hydrogen-bond acceptors (Lipinski definition) is 2. The van der Waals surface area contributed by atoms with E-state index in [9.17, 15) is 0 Å². The van der Waals surface area contributed by atoms with E-state index in [1.807, 2.05) is 0 Å². The molecule has 0 N–H and O–H groups in total. The third kappa shape index (κ3) is 2.97. The maximum absolute atomic E-state index is 4.84. The van der Waals surface area contributed by atoms with Crippen molar-refractivity contribution >= 4 is 5.84 Å². The van der Waals surface area contributed by atoms with Gasteiger partial charge in [0.1, 0.15) is 5.84 Å². The molecular weight excluding hydrogens is 196 g/mol. The number of amidine groups is 1. The standard InChI is InChI=1S/C14H22N2/c1-12(2)11-13-7-6-8-14(15-13)16-9-4-3-5-10-16/h6,8,13H,1,3-5,7,9-11H2,2H3. The molecule has 2 aliphatic rings. The van der Waals surface area contributed by atoms with Gasteiger partial charge in [0.15, 0.2) is 0 Å². The van der Waals surface area contributed by atoms with Gasteiger partial charge >= 0.3 is 0 Å². The molecule has 2 heteroatoms. The molecule has 0 radical (unpaired) electrons. The molecule has 16 heavy (non-hydrogen) atoms. The average Bonchev–Trinajstić information content (AvgIpc) is 2.30. The van der Waals surface area contributed by atoms with Crippen LogP contribution in [0.15, 0.2) is 29.3 Å². The Kier molecular flexibility index (Phi) is 3.81. The van der Waals surface area contributed by atoms with Gasteiger partial charge in [0, 0.05) is 13.1 Å². The third-order valence-corrected chi connectivity index (χ3v) is 3.25. The van der Waals surface area contributed by atoms with E-state index < -0.39 is 0 Å². The number of likely N-dealkylation sites (tertiary alicyclic amines) is 1. The summed E-state index contributed by atoms with van der Waals surface area (Å²) in [7, 11) is 0. The van der Waals surface area contributed by atoms with Gasteiger partial charge in [-0.05, 0) is 45.1 Å². The summed E-state index contributed by atoms with van der Waals surface area (Å²) >= 11 is 0. The fourth-order valence-electron chi connectivity index (χ4n) is 2.45. The second kappa shape index (κ2) is 5.33. The van der Waals surface area contributed by atoms with Crippen molar-refractivity contribution in [2.45, 2.75) is 45.1 Å². The molecule has 88 valence electrons. The van der Waals surface area contributed by atoms with Gasteiger partial charge in [-0.3, -0.25) is 4.99 Å². The van der Waals surface area contributed by atoms with Crippen molar-refractivity contribution in [1.82, 2.24) is 4.90 Å². The summed E-state index contributed by atoms with van der Waals surface area (Å²) in [5, 5.41) is 0. The summed E-state index contributed by atoms with van der Waals surface area (Å²) in [4.78, 5) is 7.28. The number of nitrogens with zero attached hydrogens (tertiary/aromatic N) is 2. The van der Waals surface area contributed by atoms with Crippen LogP contribution in [0.3, 0.4) is 0 Å². The SMILES string of the molecule is C=C(C)CC1CC=CC(N2CCCCC2)=N1. The first-order valence-corrected chi connectivity index (χ1v) is 6.39. The van der Waals surface area contributed by atoms with Crippen LogP contribution in [0.4, 0.5) is 0 Å². The highest BCUT2D eigenvalue weighted by Crippen LogP contribution is 2.18. The number of hydrogen-bond donors (Lipinski definition) is 0. The van der Waals surface area contributed by atoms with Crippen molar-refractivity contribution in [3.8, 4) is 0 Å². The third-order valence-electron chi connectivity index (χ3n) is 3.25. The first-order chi connectivity index (χ1) is 7.75. The molecule has 0 amide bonds. The average molecular weight is 218 g/mol. The minimum Gasteiger partial charge on any atom is -0.357 e. The summed E-state index contributed by atoms with van der Waals surface area (Å²) in [6, 6.07) is 0.430. The van der Waals surface area contributed by atoms with Crippen LogP contribution in [0, 0.1) is 0 Å². The number of dihydropyridines is 1. The molecule has 2 aliphatic heterocycles. The Balaban J connectivity index is 1.99. The largest absolute Gasteiger partial charge is 0.357 e. The van der Waals surface area contributed by atoms with Crippen LogP contribution in [-0.4, -0.2) is 29.9 Å². The lowest BCUT2D eigenvalue weighted by Crippen LogP contribution is -2.36. The molecule has 0 saturated carbocycles. The van der Waals surface area contributed by atoms with Crippen molar-refractivity contribution in [1.29, 1.82) is 0 Å². The lowest BCUT2D eigenvalue weighted by Gasteiger charge is -2.31. The monoisotopic (exact) mass is 218 g/mol. The van der Waals surface area contributed by atoms with Crippen LogP contribution in [0.5, 0.6) is 0 Å². The van der Waals surface area contributed by atoms with Gasteiger partial charge in [-0.1, -0.05) is 11.6 Å². The normalized spacial score (nSPS) is 25.4. The van der Waals surface area contributed by atoms with Gasteiger partial charge in [-0.25, -0.2) is 0 Å². The number of rotatable bonds is 2. The van der Waals surface area contributed by atoms with Crippen molar-refractivity contribution in [2.75, 3.05) is 13.1 Å². The van der Waals surface area contributed by atoms with Gasteiger partial charge < -0.3 is 4.90 Å². The predicted octanol–water partition coefficient (Wildman–Crippen LogP) is 3.17. The second-order valence-electron chi connectivity index (χ2n) is 4.99. The Morgan fingerprint density at radius 2 is 2.19 bits per heavy atom. The zero-order chi connectivity index (χ0) is 11.4. The Hall–Kier alpha value is -1.05. The Labute approximate surface area is 98.7 Å². The summed E-state index contributed by atoms with van der Waals surface area (Å²) < 4.78 is 0. The zero-order valence-corrected chi connectivity index (χ0v) is 10.3. The maximum Gasteiger partial charge on any atom is 0.123 e. The molecular formula is C14H22N2. The molecule has 0 aromatic rings. The van der Waals surface area contributed by atoms with Crippen molar-refractivity contribution in [3.05, 3.63) is 24.3 Å². The fraction of sp³-hybridized carbons (Fsp3) is 0.643. The molecule has 2 rings (SSSR count). The molecule has 2 heterocycles. The van der Waals surface area contributed by atoms with Crippen LogP contribution in [-0.2, 0) is 0 Å². The lowest BCUT2D eigenvalue weighted by molar-refractivity contribution is 0.340. The minimum absolute atomic E-state index is 0.430. The second-order valence-corrected chi connectivity index (χ2v) is 4.99. The molecule has 0 aromatic carbocycles. The molecule has 2 nitrogen and oxygen atoms in total. The van der Waals surface area contributed by atoms with E-state index in [1.54, 1.807) is 0 Å². The Morgan fingerprint density at radius 1 is 1.44 bits per heavy atom. The summed E-state index contributed by atoms with van der Waals surface area (Å²) in [5.74, 6) is 1.21. The minimum atomic E-state index is 0.430. The smallest absolute Gasteiger partial charge is 0.123 e. The Morgan fingerprint density at radius 3 is 2.88 bits per heavy atom. The van der Waals surface area contributed by atoms with Crippen LogP contribution < -0.4 is 0 Å². The highest BCUT2D eigenvalue weighted by molar-refractivity contribution is 5.93. The summed E-state index contributed by atoms with van der Waals surface area (Å²) in [5.41, 5.74) is 1.24. The van der Waals surface area contributed by atoms with Crippen LogP contribution in [0.25, 0.3) is 0 Å². The summed E-state index contributed by atoms with van der Waals surface area (Å²) in [6.07, 6.45) is 10.6. The van der Waals surface area contributed by atoms with E-state index >= 15 is 0 Å². The lowest BCUT2D eigenvalue weighted by atomic mass is 10.0. The van der Waals surface area contributed by atoms with Crippen LogP contribution in [0.2, 0.25) is 0 Å². The summed E-state index contributed by atoms with van der Waals surface area (Å²) in [6.45, 7) is 8.44. The fourth-order valence-corrected chi connectivity index (χ4v) is 2.45. The quantitative estimate of drug-likeness (QED) is 0.650. The maximum atomic E-state index is 4.84. The molecule has 1 atom stereocenters. The van der Waals surface area contributed by atoms with E-state index in [1.165, 1.54) is 43.8 Å². The van der Waals surface area contributed by atoms with Gasteiger partial charge in [0.2, 0.25) is 0 Å². The molecule has 0 spiro atoms. The van der Waals surface area contributed by atoms with Gasteiger partial charge in [-0.2, -0.15) is 0 Å². The van der Waals surface area contributed by atoms with Gasteiger partial charge in [0.25, 0.3) is 0 Å². The number of piperidine rings is 1. The molecule has 0 aromatic heterocycles. The van der Waals surface area contributed by atoms with Crippen molar-refractivity contribution in [2.24, 2.45) is 4.99 Å². The first-order valence-electron chi connectivity index (χ1n) is 6.39. The van der Waals surface area contributed by atoms with Gasteiger partial charge in [0.05, 0.1) is 6.04 Å². The van der Waals surface area contributed by atoms with E-state index in [0.29, 0.717) is 6.04 Å². The van der Waals surface area contributed by atoms with E-state index in [4.69, 9.17) is 4.99 Å². The predicted molar refractivity (Wildman–Crippen MR) is 69.8 cm³/mol. The highest BCUT2D eigenvalue weighted by atomic mass is 15.2.